The number of hydrogen-bond donors (Lipinski definition) is 1. The number of likely N-dealkylation sites (tertiary alicyclic amines) is 1. The number of rotatable bonds is 2. The minimum atomic E-state index is -0.438. The van der Waals surface area contributed by atoms with Crippen LogP contribution in [0.1, 0.15) is 39.3 Å². The molecule has 1 N–H and O–H groups in total. The SMILES string of the molecule is Cc1nc(Br)ccc1NC1CCN(C(=O)OC(C)(C)C)CC1. The molecule has 1 aromatic heterocycles. The van der Waals surface area contributed by atoms with E-state index in [-0.39, 0.29) is 6.09 Å². The zero-order valence-electron chi connectivity index (χ0n) is 13.6. The Morgan fingerprint density at radius 3 is 2.55 bits per heavy atom. The van der Waals surface area contributed by atoms with Crippen molar-refractivity contribution in [3.63, 3.8) is 0 Å². The van der Waals surface area contributed by atoms with Gasteiger partial charge in [0.05, 0.1) is 11.4 Å². The molecule has 1 aliphatic heterocycles. The molecule has 22 heavy (non-hydrogen) atoms. The molecule has 5 nitrogen and oxygen atoms in total. The molecule has 0 saturated carbocycles. The van der Waals surface area contributed by atoms with Crippen molar-refractivity contribution in [1.82, 2.24) is 9.88 Å². The summed E-state index contributed by atoms with van der Waals surface area (Å²) >= 11 is 3.37. The number of amides is 1. The molecule has 122 valence electrons. The van der Waals surface area contributed by atoms with E-state index < -0.39 is 5.60 Å². The van der Waals surface area contributed by atoms with Crippen LogP contribution in [0.4, 0.5) is 10.5 Å². The van der Waals surface area contributed by atoms with Crippen LogP contribution in [0.3, 0.4) is 0 Å². The first-order valence-electron chi connectivity index (χ1n) is 7.62. The molecule has 0 radical (unpaired) electrons. The van der Waals surface area contributed by atoms with Gasteiger partial charge in [-0.2, -0.15) is 0 Å². The number of pyridine rings is 1. The molecule has 2 heterocycles. The van der Waals surface area contributed by atoms with Crippen LogP contribution in [-0.2, 0) is 4.74 Å². The van der Waals surface area contributed by atoms with Crippen LogP contribution in [0.2, 0.25) is 0 Å². The van der Waals surface area contributed by atoms with E-state index >= 15 is 0 Å². The normalized spacial score (nSPS) is 16.5. The number of ether oxygens (including phenoxy) is 1. The highest BCUT2D eigenvalue weighted by Crippen LogP contribution is 2.21. The Kier molecular flexibility index (Phi) is 5.32. The van der Waals surface area contributed by atoms with Crippen LogP contribution in [-0.4, -0.2) is 40.7 Å². The standard InChI is InChI=1S/C16H24BrN3O2/c1-11-13(5-6-14(17)18-11)19-12-7-9-20(10-8-12)15(21)22-16(2,3)4/h5-6,12,19H,7-10H2,1-4H3. The van der Waals surface area contributed by atoms with E-state index in [1.807, 2.05) is 39.8 Å². The second-order valence-electron chi connectivity index (χ2n) is 6.65. The van der Waals surface area contributed by atoms with Crippen molar-refractivity contribution in [2.45, 2.75) is 52.2 Å². The summed E-state index contributed by atoms with van der Waals surface area (Å²) in [5.41, 5.74) is 1.59. The smallest absolute Gasteiger partial charge is 0.410 e. The average molecular weight is 370 g/mol. The fourth-order valence-electron chi connectivity index (χ4n) is 2.44. The number of aromatic nitrogens is 1. The van der Waals surface area contributed by atoms with Gasteiger partial charge in [-0.05, 0) is 68.6 Å². The third kappa shape index (κ3) is 4.87. The lowest BCUT2D eigenvalue weighted by molar-refractivity contribution is 0.0210. The first-order chi connectivity index (χ1) is 10.2. The quantitative estimate of drug-likeness (QED) is 0.801. The maximum Gasteiger partial charge on any atom is 0.410 e. The Hall–Kier alpha value is -1.30. The van der Waals surface area contributed by atoms with Gasteiger partial charge in [-0.3, -0.25) is 0 Å². The number of carbonyl (C=O) groups excluding carboxylic acids is 1. The largest absolute Gasteiger partial charge is 0.444 e. The Morgan fingerprint density at radius 1 is 1.36 bits per heavy atom. The topological polar surface area (TPSA) is 54.5 Å². The zero-order valence-corrected chi connectivity index (χ0v) is 15.2. The third-order valence-corrected chi connectivity index (χ3v) is 4.00. The summed E-state index contributed by atoms with van der Waals surface area (Å²) in [6.45, 7) is 9.10. The van der Waals surface area contributed by atoms with Crippen LogP contribution in [0.25, 0.3) is 0 Å². The summed E-state index contributed by atoms with van der Waals surface area (Å²) in [5.74, 6) is 0. The van der Waals surface area contributed by atoms with Crippen molar-refractivity contribution < 1.29 is 9.53 Å². The number of nitrogens with zero attached hydrogens (tertiary/aromatic N) is 2. The minimum Gasteiger partial charge on any atom is -0.444 e. The Balaban J connectivity index is 1.86. The lowest BCUT2D eigenvalue weighted by atomic mass is 10.0. The second-order valence-corrected chi connectivity index (χ2v) is 7.47. The zero-order chi connectivity index (χ0) is 16.3. The van der Waals surface area contributed by atoms with Crippen molar-refractivity contribution in [3.8, 4) is 0 Å². The van der Waals surface area contributed by atoms with Crippen LogP contribution < -0.4 is 5.32 Å². The molecule has 1 fully saturated rings. The van der Waals surface area contributed by atoms with Gasteiger partial charge in [0.2, 0.25) is 0 Å². The molecule has 0 aliphatic carbocycles. The van der Waals surface area contributed by atoms with Crippen molar-refractivity contribution >= 4 is 27.7 Å². The minimum absolute atomic E-state index is 0.215. The molecule has 0 atom stereocenters. The van der Waals surface area contributed by atoms with Gasteiger partial charge in [0, 0.05) is 19.1 Å². The van der Waals surface area contributed by atoms with Gasteiger partial charge in [0.25, 0.3) is 0 Å². The maximum atomic E-state index is 12.0. The lowest BCUT2D eigenvalue weighted by Crippen LogP contribution is -2.44. The van der Waals surface area contributed by atoms with Crippen LogP contribution >= 0.6 is 15.9 Å². The first-order valence-corrected chi connectivity index (χ1v) is 8.41. The Bertz CT molecular complexity index is 535. The van der Waals surface area contributed by atoms with Gasteiger partial charge in [-0.15, -0.1) is 0 Å². The molecule has 0 aromatic carbocycles. The third-order valence-electron chi connectivity index (χ3n) is 3.56. The fraction of sp³-hybridized carbons (Fsp3) is 0.625. The van der Waals surface area contributed by atoms with E-state index in [4.69, 9.17) is 4.74 Å². The Labute approximate surface area is 140 Å². The average Bonchev–Trinajstić information content (AvgIpc) is 2.41. The summed E-state index contributed by atoms with van der Waals surface area (Å²) in [4.78, 5) is 18.2. The van der Waals surface area contributed by atoms with Crippen molar-refractivity contribution in [2.24, 2.45) is 0 Å². The molecular weight excluding hydrogens is 346 g/mol. The molecule has 1 aromatic rings. The predicted octanol–water partition coefficient (Wildman–Crippen LogP) is 3.96. The van der Waals surface area contributed by atoms with Gasteiger partial charge in [0.1, 0.15) is 10.2 Å². The van der Waals surface area contributed by atoms with Crippen LogP contribution in [0.5, 0.6) is 0 Å². The van der Waals surface area contributed by atoms with Gasteiger partial charge in [0.15, 0.2) is 0 Å². The summed E-state index contributed by atoms with van der Waals surface area (Å²) in [6, 6.07) is 4.33. The summed E-state index contributed by atoms with van der Waals surface area (Å²) in [6.07, 6.45) is 1.61. The molecule has 0 bridgehead atoms. The number of nitrogens with one attached hydrogen (secondary N) is 1. The molecule has 0 unspecified atom stereocenters. The van der Waals surface area contributed by atoms with E-state index in [1.54, 1.807) is 4.90 Å². The van der Waals surface area contributed by atoms with Crippen molar-refractivity contribution in [3.05, 3.63) is 22.4 Å². The number of piperidine rings is 1. The molecule has 1 amide bonds. The van der Waals surface area contributed by atoms with Crippen LogP contribution in [0.15, 0.2) is 16.7 Å². The Morgan fingerprint density at radius 2 is 2.00 bits per heavy atom. The van der Waals surface area contributed by atoms with Gasteiger partial charge in [-0.25, -0.2) is 9.78 Å². The van der Waals surface area contributed by atoms with Gasteiger partial charge < -0.3 is 15.0 Å². The molecule has 2 rings (SSSR count). The maximum absolute atomic E-state index is 12.0. The monoisotopic (exact) mass is 369 g/mol. The van der Waals surface area contributed by atoms with E-state index in [9.17, 15) is 4.79 Å². The highest BCUT2D eigenvalue weighted by atomic mass is 79.9. The van der Waals surface area contributed by atoms with E-state index in [0.717, 1.165) is 41.9 Å². The molecule has 1 saturated heterocycles. The number of halogens is 1. The molecular formula is C16H24BrN3O2. The number of carbonyl (C=O) groups is 1. The summed E-state index contributed by atoms with van der Waals surface area (Å²) in [5, 5.41) is 3.52. The lowest BCUT2D eigenvalue weighted by Gasteiger charge is -2.34. The highest BCUT2D eigenvalue weighted by molar-refractivity contribution is 9.10. The van der Waals surface area contributed by atoms with E-state index in [2.05, 4.69) is 26.2 Å². The fourth-order valence-corrected chi connectivity index (χ4v) is 2.83. The first kappa shape index (κ1) is 17.1. The molecule has 6 heteroatoms. The van der Waals surface area contributed by atoms with Gasteiger partial charge in [-0.1, -0.05) is 0 Å². The number of hydrogen-bond acceptors (Lipinski definition) is 4. The molecule has 0 spiro atoms. The number of aryl methyl sites for hydroxylation is 1. The number of anilines is 1. The van der Waals surface area contributed by atoms with Crippen molar-refractivity contribution in [2.75, 3.05) is 18.4 Å². The predicted molar refractivity (Wildman–Crippen MR) is 91.1 cm³/mol. The molecule has 1 aliphatic rings. The van der Waals surface area contributed by atoms with Gasteiger partial charge >= 0.3 is 6.09 Å². The van der Waals surface area contributed by atoms with E-state index in [1.165, 1.54) is 0 Å². The van der Waals surface area contributed by atoms with Crippen LogP contribution in [0, 0.1) is 6.92 Å². The van der Waals surface area contributed by atoms with E-state index in [0.29, 0.717) is 6.04 Å². The summed E-state index contributed by atoms with van der Waals surface area (Å²) < 4.78 is 6.26. The second kappa shape index (κ2) is 6.86. The summed E-state index contributed by atoms with van der Waals surface area (Å²) in [7, 11) is 0. The highest BCUT2D eigenvalue weighted by Gasteiger charge is 2.26. The van der Waals surface area contributed by atoms with Crippen molar-refractivity contribution in [1.29, 1.82) is 0 Å².